The molecule has 1 heterocycles. The van der Waals surface area contributed by atoms with E-state index in [2.05, 4.69) is 7.90 Å². The molecule has 5 nitrogen and oxygen atoms in total. The van der Waals surface area contributed by atoms with Gasteiger partial charge in [0.1, 0.15) is 0 Å². The first-order chi connectivity index (χ1) is 12.3. The van der Waals surface area contributed by atoms with Gasteiger partial charge in [0.25, 0.3) is 10.0 Å². The van der Waals surface area contributed by atoms with Crippen LogP contribution in [0.3, 0.4) is 0 Å². The molecule has 140 valence electrons. The molecule has 0 spiro atoms. The Bertz CT molecular complexity index is 985. The molecule has 0 amide bonds. The molecule has 1 aliphatic rings. The molecular weight excluding hydrogens is 388 g/mol. The van der Waals surface area contributed by atoms with Crippen LogP contribution in [0.2, 0.25) is 0 Å². The molecule has 0 bridgehead atoms. The fourth-order valence-electron chi connectivity index (χ4n) is 2.56. The Kier molecular flexibility index (Phi) is 5.76. The van der Waals surface area contributed by atoms with E-state index in [0.29, 0.717) is 4.90 Å². The summed E-state index contributed by atoms with van der Waals surface area (Å²) in [4.78, 5) is 0.381. The highest BCUT2D eigenvalue weighted by Gasteiger charge is 2.23. The second-order valence-corrected chi connectivity index (χ2v) is 12.1. The number of benzene rings is 2. The van der Waals surface area contributed by atoms with Gasteiger partial charge >= 0.3 is 0 Å². The van der Waals surface area contributed by atoms with Gasteiger partial charge in [0.05, 0.1) is 16.4 Å². The zero-order chi connectivity index (χ0) is 18.8. The zero-order valence-corrected chi connectivity index (χ0v) is 17.2. The molecule has 8 heteroatoms. The predicted octanol–water partition coefficient (Wildman–Crippen LogP) is 4.14. The van der Waals surface area contributed by atoms with E-state index >= 15 is 0 Å². The summed E-state index contributed by atoms with van der Waals surface area (Å²) in [6.07, 6.45) is 2.06. The minimum absolute atomic E-state index is 0.0351. The van der Waals surface area contributed by atoms with Gasteiger partial charge in [0.2, 0.25) is 0 Å². The third-order valence-electron chi connectivity index (χ3n) is 4.06. The Morgan fingerprint density at radius 1 is 0.808 bits per heavy atom. The molecule has 0 radical (unpaired) electrons. The third-order valence-corrected chi connectivity index (χ3v) is 10.6. The van der Waals surface area contributed by atoms with Gasteiger partial charge in [-0.05, 0) is 51.0 Å². The predicted molar refractivity (Wildman–Crippen MR) is 108 cm³/mol. The highest BCUT2D eigenvalue weighted by Crippen LogP contribution is 2.31. The maximum absolute atomic E-state index is 13.6. The molecule has 2 aromatic rings. The van der Waals surface area contributed by atoms with Crippen molar-refractivity contribution in [3.05, 3.63) is 63.8 Å². The Morgan fingerprint density at radius 2 is 1.27 bits per heavy atom. The highest BCUT2D eigenvalue weighted by molar-refractivity contribution is 8.18. The van der Waals surface area contributed by atoms with E-state index in [1.54, 1.807) is 36.4 Å². The SMILES string of the molecule is Cc1ccc(S(=O)(=O)N=S(=O)([N-][S+]2CCCC2)c2ccc(C)cc2)cc1. The summed E-state index contributed by atoms with van der Waals surface area (Å²) in [6, 6.07) is 13.3. The van der Waals surface area contributed by atoms with Crippen molar-refractivity contribution < 1.29 is 12.6 Å². The number of nitrogens with zero attached hydrogens (tertiary/aromatic N) is 2. The molecule has 0 saturated carbocycles. The molecule has 1 unspecified atom stereocenters. The molecule has 1 aliphatic heterocycles. The van der Waals surface area contributed by atoms with Crippen molar-refractivity contribution in [2.75, 3.05) is 11.5 Å². The summed E-state index contributed by atoms with van der Waals surface area (Å²) < 4.78 is 47.4. The van der Waals surface area contributed by atoms with Crippen molar-refractivity contribution in [3.8, 4) is 0 Å². The van der Waals surface area contributed by atoms with Crippen molar-refractivity contribution in [3.63, 3.8) is 0 Å². The summed E-state index contributed by atoms with van der Waals surface area (Å²) in [7, 11) is -7.48. The van der Waals surface area contributed by atoms with Gasteiger partial charge in [-0.1, -0.05) is 46.5 Å². The number of hydrogen-bond donors (Lipinski definition) is 0. The van der Waals surface area contributed by atoms with Crippen LogP contribution in [0.25, 0.3) is 4.13 Å². The fraction of sp³-hybridized carbons (Fsp3) is 0.333. The van der Waals surface area contributed by atoms with Crippen molar-refractivity contribution >= 4 is 31.0 Å². The van der Waals surface area contributed by atoms with E-state index in [4.69, 9.17) is 0 Å². The van der Waals surface area contributed by atoms with Crippen LogP contribution in [0.5, 0.6) is 0 Å². The lowest BCUT2D eigenvalue weighted by molar-refractivity contribution is 0.598. The standard InChI is InChI=1S/C18H22N2O3S3/c1-15-5-9-17(10-6-15)25(21,19-24-13-3-4-14-24)20-26(22,23)18-11-7-16(2)8-12-18/h5-12H,3-4,13-14H2,1-2H3. The maximum Gasteiger partial charge on any atom is 0.289 e. The quantitative estimate of drug-likeness (QED) is 0.695. The normalized spacial score (nSPS) is 17.8. The van der Waals surface area contributed by atoms with E-state index in [1.165, 1.54) is 12.1 Å². The van der Waals surface area contributed by atoms with Crippen LogP contribution in [0.1, 0.15) is 24.0 Å². The van der Waals surface area contributed by atoms with E-state index in [1.807, 2.05) is 13.8 Å². The molecule has 1 saturated heterocycles. The molecule has 1 atom stereocenters. The van der Waals surface area contributed by atoms with E-state index < -0.39 is 31.0 Å². The van der Waals surface area contributed by atoms with E-state index in [-0.39, 0.29) is 4.90 Å². The summed E-state index contributed by atoms with van der Waals surface area (Å²) in [5, 5.41) is 0. The van der Waals surface area contributed by atoms with Crippen LogP contribution >= 0.6 is 0 Å². The Balaban J connectivity index is 2.09. The smallest absolute Gasteiger partial charge is 0.289 e. The van der Waals surface area contributed by atoms with Crippen molar-refractivity contribution in [2.24, 2.45) is 3.77 Å². The average molecular weight is 411 g/mol. The van der Waals surface area contributed by atoms with Gasteiger partial charge < -0.3 is 4.13 Å². The van der Waals surface area contributed by atoms with Crippen molar-refractivity contribution in [1.82, 2.24) is 0 Å². The lowest BCUT2D eigenvalue weighted by Crippen LogP contribution is -2.12. The maximum atomic E-state index is 13.6. The summed E-state index contributed by atoms with van der Waals surface area (Å²) >= 11 is -0.406. The monoisotopic (exact) mass is 410 g/mol. The molecule has 2 aromatic carbocycles. The number of aryl methyl sites for hydroxylation is 2. The van der Waals surface area contributed by atoms with E-state index in [0.717, 1.165) is 35.5 Å². The van der Waals surface area contributed by atoms with Crippen LogP contribution in [-0.4, -0.2) is 24.1 Å². The van der Waals surface area contributed by atoms with Crippen LogP contribution in [0, 0.1) is 13.8 Å². The number of sulfonamides is 1. The zero-order valence-electron chi connectivity index (χ0n) is 14.8. The van der Waals surface area contributed by atoms with Gasteiger partial charge in [0, 0.05) is 14.8 Å². The Morgan fingerprint density at radius 3 is 1.77 bits per heavy atom. The molecule has 0 aromatic heterocycles. The average Bonchev–Trinajstić information content (AvgIpc) is 3.08. The van der Waals surface area contributed by atoms with Gasteiger partial charge in [-0.25, -0.2) is 0 Å². The first-order valence-electron chi connectivity index (χ1n) is 8.36. The minimum atomic E-state index is -4.07. The second kappa shape index (κ2) is 7.72. The van der Waals surface area contributed by atoms with Gasteiger partial charge in [0.15, 0.2) is 0 Å². The van der Waals surface area contributed by atoms with Gasteiger partial charge in [-0.15, -0.1) is 3.77 Å². The topological polar surface area (TPSA) is 77.7 Å². The Hall–Kier alpha value is -1.35. The van der Waals surface area contributed by atoms with Crippen LogP contribution in [0.15, 0.2) is 62.1 Å². The largest absolute Gasteiger partial charge is 0.329 e. The molecule has 3 rings (SSSR count). The number of rotatable bonds is 5. The van der Waals surface area contributed by atoms with Crippen LogP contribution in [0.4, 0.5) is 0 Å². The lowest BCUT2D eigenvalue weighted by Gasteiger charge is -2.22. The lowest BCUT2D eigenvalue weighted by atomic mass is 10.2. The van der Waals surface area contributed by atoms with Crippen molar-refractivity contribution in [1.29, 1.82) is 0 Å². The van der Waals surface area contributed by atoms with Gasteiger partial charge in [-0.3, -0.25) is 4.21 Å². The van der Waals surface area contributed by atoms with Crippen molar-refractivity contribution in [2.45, 2.75) is 36.5 Å². The first-order valence-corrected chi connectivity index (χ1v) is 12.8. The fourth-order valence-corrected chi connectivity index (χ4v) is 9.00. The van der Waals surface area contributed by atoms with Crippen LogP contribution in [-0.2, 0) is 31.0 Å². The summed E-state index contributed by atoms with van der Waals surface area (Å²) in [5.41, 5.74) is 1.94. The molecule has 0 N–H and O–H groups in total. The van der Waals surface area contributed by atoms with E-state index in [9.17, 15) is 12.6 Å². The molecule has 1 fully saturated rings. The molecular formula is C18H22N2O3S3. The highest BCUT2D eigenvalue weighted by atomic mass is 32.3. The number of hydrogen-bond acceptors (Lipinski definition) is 3. The van der Waals surface area contributed by atoms with Gasteiger partial charge in [-0.2, -0.15) is 8.42 Å². The summed E-state index contributed by atoms with van der Waals surface area (Å²) in [6.45, 7) is 3.79. The second-order valence-electron chi connectivity index (χ2n) is 6.32. The first kappa shape index (κ1) is 19.4. The molecule has 26 heavy (non-hydrogen) atoms. The van der Waals surface area contributed by atoms with Crippen LogP contribution < -0.4 is 0 Å². The summed E-state index contributed by atoms with van der Waals surface area (Å²) in [5.74, 6) is 1.70. The third kappa shape index (κ3) is 4.49. The minimum Gasteiger partial charge on any atom is -0.329 e. The molecule has 0 aliphatic carbocycles. The Labute approximate surface area is 159 Å².